The molecule has 9 heteroatoms. The number of halogens is 2. The van der Waals surface area contributed by atoms with Crippen molar-refractivity contribution in [3.05, 3.63) is 93.8 Å². The van der Waals surface area contributed by atoms with Gasteiger partial charge in [0.15, 0.2) is 5.82 Å². The molecule has 0 aliphatic heterocycles. The zero-order valence-corrected chi connectivity index (χ0v) is 17.4. The number of anilines is 1. The molecule has 0 aliphatic rings. The molecule has 0 unspecified atom stereocenters. The number of amides is 1. The lowest BCUT2D eigenvalue weighted by molar-refractivity contribution is 0.209. The molecular formula is C22H14BrFN4O3. The maximum Gasteiger partial charge on any atom is 0.409 e. The lowest BCUT2D eigenvalue weighted by Gasteiger charge is -2.14. The molecule has 7 nitrogen and oxygen atoms in total. The first kappa shape index (κ1) is 20.4. The summed E-state index contributed by atoms with van der Waals surface area (Å²) < 4.78 is 16.1. The number of benzene rings is 2. The highest BCUT2D eigenvalue weighted by molar-refractivity contribution is 9.10. The van der Waals surface area contributed by atoms with E-state index in [1.807, 2.05) is 23.5 Å². The summed E-state index contributed by atoms with van der Waals surface area (Å²) in [7, 11) is 0. The van der Waals surface area contributed by atoms with E-state index < -0.39 is 11.9 Å². The van der Waals surface area contributed by atoms with Crippen LogP contribution in [0.3, 0.4) is 0 Å². The second-order valence-corrected chi connectivity index (χ2v) is 7.32. The van der Waals surface area contributed by atoms with Crippen molar-refractivity contribution < 1.29 is 14.3 Å². The monoisotopic (exact) mass is 480 g/mol. The number of pyridine rings is 1. The van der Waals surface area contributed by atoms with Crippen molar-refractivity contribution in [2.24, 2.45) is 0 Å². The van der Waals surface area contributed by atoms with Crippen molar-refractivity contribution in [3.8, 4) is 28.2 Å². The van der Waals surface area contributed by atoms with Gasteiger partial charge in [0.25, 0.3) is 5.56 Å². The Morgan fingerprint density at radius 1 is 1.03 bits per heavy atom. The zero-order valence-electron chi connectivity index (χ0n) is 15.8. The van der Waals surface area contributed by atoms with E-state index in [1.54, 1.807) is 30.6 Å². The molecule has 2 N–H and O–H groups in total. The van der Waals surface area contributed by atoms with Crippen LogP contribution in [0.5, 0.6) is 0 Å². The molecule has 1 amide bonds. The van der Waals surface area contributed by atoms with E-state index in [0.717, 1.165) is 10.5 Å². The fourth-order valence-electron chi connectivity index (χ4n) is 3.09. The van der Waals surface area contributed by atoms with Gasteiger partial charge in [0, 0.05) is 39.8 Å². The summed E-state index contributed by atoms with van der Waals surface area (Å²) in [6, 6.07) is 14.4. The van der Waals surface area contributed by atoms with Gasteiger partial charge in [-0.2, -0.15) is 0 Å². The van der Waals surface area contributed by atoms with Gasteiger partial charge in [0.05, 0.1) is 11.4 Å². The van der Waals surface area contributed by atoms with E-state index in [4.69, 9.17) is 5.11 Å². The molecule has 0 bridgehead atoms. The number of nitrogens with zero attached hydrogens (tertiary/aromatic N) is 3. The molecule has 0 radical (unpaired) electrons. The molecule has 0 atom stereocenters. The van der Waals surface area contributed by atoms with E-state index in [1.165, 1.54) is 22.9 Å². The number of hydrogen-bond acceptors (Lipinski definition) is 4. The van der Waals surface area contributed by atoms with E-state index in [0.29, 0.717) is 22.5 Å². The maximum atomic E-state index is 14.0. The highest BCUT2D eigenvalue weighted by atomic mass is 79.9. The van der Waals surface area contributed by atoms with Gasteiger partial charge in [0.2, 0.25) is 0 Å². The number of rotatable bonds is 4. The minimum atomic E-state index is -1.41. The Kier molecular flexibility index (Phi) is 5.59. The molecule has 154 valence electrons. The van der Waals surface area contributed by atoms with E-state index in [9.17, 15) is 14.0 Å². The highest BCUT2D eigenvalue weighted by Gasteiger charge is 2.16. The fraction of sp³-hybridized carbons (Fsp3) is 0. The molecular weight excluding hydrogens is 467 g/mol. The van der Waals surface area contributed by atoms with Crippen molar-refractivity contribution in [2.75, 3.05) is 5.32 Å². The van der Waals surface area contributed by atoms with Crippen LogP contribution in [0.25, 0.3) is 28.2 Å². The molecule has 0 aliphatic carbocycles. The van der Waals surface area contributed by atoms with Gasteiger partial charge >= 0.3 is 6.09 Å². The van der Waals surface area contributed by atoms with Gasteiger partial charge in [0.1, 0.15) is 5.82 Å². The van der Waals surface area contributed by atoms with Crippen LogP contribution >= 0.6 is 15.9 Å². The molecule has 4 rings (SSSR count). The number of aromatic nitrogens is 3. The minimum Gasteiger partial charge on any atom is -0.465 e. The normalized spacial score (nSPS) is 10.6. The number of nitrogens with one attached hydrogen (secondary N) is 1. The summed E-state index contributed by atoms with van der Waals surface area (Å²) in [4.78, 5) is 32.9. The summed E-state index contributed by atoms with van der Waals surface area (Å²) in [5.41, 5.74) is 1.23. The van der Waals surface area contributed by atoms with E-state index >= 15 is 0 Å². The second-order valence-electron chi connectivity index (χ2n) is 6.46. The Morgan fingerprint density at radius 2 is 1.77 bits per heavy atom. The second kappa shape index (κ2) is 8.49. The lowest BCUT2D eigenvalue weighted by atomic mass is 10.0. The Balaban J connectivity index is 1.99. The van der Waals surface area contributed by atoms with E-state index in [-0.39, 0.29) is 16.9 Å². The fourth-order valence-corrected chi connectivity index (χ4v) is 3.59. The molecule has 4 aromatic rings. The molecule has 0 saturated heterocycles. The number of hydrogen-bond donors (Lipinski definition) is 2. The maximum absolute atomic E-state index is 14.0. The summed E-state index contributed by atoms with van der Waals surface area (Å²) in [5.74, 6) is -0.358. The summed E-state index contributed by atoms with van der Waals surface area (Å²) in [5, 5.41) is 11.0. The molecule has 2 aromatic heterocycles. The summed E-state index contributed by atoms with van der Waals surface area (Å²) in [6.07, 6.45) is 3.30. The largest absolute Gasteiger partial charge is 0.465 e. The topological polar surface area (TPSA) is 97.1 Å². The van der Waals surface area contributed by atoms with Gasteiger partial charge < -0.3 is 5.11 Å². The predicted octanol–water partition coefficient (Wildman–Crippen LogP) is 4.95. The van der Waals surface area contributed by atoms with Crippen LogP contribution in [0.2, 0.25) is 0 Å². The average Bonchev–Trinajstić information content (AvgIpc) is 2.76. The number of carboxylic acid groups (broad SMARTS) is 1. The molecule has 2 aromatic carbocycles. The molecule has 31 heavy (non-hydrogen) atoms. The Hall–Kier alpha value is -3.85. The third kappa shape index (κ3) is 4.22. The predicted molar refractivity (Wildman–Crippen MR) is 118 cm³/mol. The van der Waals surface area contributed by atoms with Crippen molar-refractivity contribution in [3.63, 3.8) is 0 Å². The molecule has 0 saturated carbocycles. The first-order valence-corrected chi connectivity index (χ1v) is 9.82. The van der Waals surface area contributed by atoms with Crippen molar-refractivity contribution >= 4 is 27.7 Å². The molecule has 0 spiro atoms. The van der Waals surface area contributed by atoms with Gasteiger partial charge in [-0.1, -0.05) is 34.1 Å². The average molecular weight is 481 g/mol. The highest BCUT2D eigenvalue weighted by Crippen LogP contribution is 2.29. The van der Waals surface area contributed by atoms with Crippen LogP contribution in [0.15, 0.2) is 82.5 Å². The van der Waals surface area contributed by atoms with E-state index in [2.05, 4.69) is 25.9 Å². The van der Waals surface area contributed by atoms with Crippen LogP contribution in [-0.2, 0) is 0 Å². The smallest absolute Gasteiger partial charge is 0.409 e. The number of carbonyl (C=O) groups is 1. The quantitative estimate of drug-likeness (QED) is 0.430. The van der Waals surface area contributed by atoms with Crippen LogP contribution in [0.1, 0.15) is 0 Å². The van der Waals surface area contributed by atoms with Crippen molar-refractivity contribution in [2.45, 2.75) is 0 Å². The Labute approximate surface area is 184 Å². The van der Waals surface area contributed by atoms with Crippen LogP contribution in [0, 0.1) is 5.82 Å². The lowest BCUT2D eigenvalue weighted by Crippen LogP contribution is -2.21. The van der Waals surface area contributed by atoms with Crippen LogP contribution < -0.4 is 10.9 Å². The van der Waals surface area contributed by atoms with Gasteiger partial charge in [-0.25, -0.2) is 19.2 Å². The summed E-state index contributed by atoms with van der Waals surface area (Å²) >= 11 is 3.47. The van der Waals surface area contributed by atoms with Crippen LogP contribution in [-0.4, -0.2) is 25.7 Å². The molecule has 0 fully saturated rings. The standard InChI is InChI=1S/C22H14BrFN4O3/c23-17-5-2-1-4-15(17)16-10-13(20-25-8-3-9-26-20)12-28(21(16)29)14-6-7-18(24)19(11-14)27-22(30)31/h1-12,27H,(H,30,31). The third-order valence-electron chi connectivity index (χ3n) is 4.47. The zero-order chi connectivity index (χ0) is 22.0. The van der Waals surface area contributed by atoms with Gasteiger partial charge in [-0.15, -0.1) is 0 Å². The van der Waals surface area contributed by atoms with Gasteiger partial charge in [-0.3, -0.25) is 14.7 Å². The Morgan fingerprint density at radius 3 is 2.48 bits per heavy atom. The van der Waals surface area contributed by atoms with Gasteiger partial charge in [-0.05, 0) is 36.4 Å². The van der Waals surface area contributed by atoms with Crippen molar-refractivity contribution in [1.29, 1.82) is 0 Å². The molecule has 2 heterocycles. The first-order valence-electron chi connectivity index (χ1n) is 9.03. The van der Waals surface area contributed by atoms with Crippen LogP contribution in [0.4, 0.5) is 14.9 Å². The van der Waals surface area contributed by atoms with Crippen molar-refractivity contribution in [1.82, 2.24) is 14.5 Å². The summed E-state index contributed by atoms with van der Waals surface area (Å²) in [6.45, 7) is 0. The third-order valence-corrected chi connectivity index (χ3v) is 5.17. The Bertz CT molecular complexity index is 1340. The first-order chi connectivity index (χ1) is 14.9. The minimum absolute atomic E-state index is 0.263. The SMILES string of the molecule is O=C(O)Nc1cc(-n2cc(-c3ncccn3)cc(-c3ccccc3Br)c2=O)ccc1F.